The summed E-state index contributed by atoms with van der Waals surface area (Å²) in [5.41, 5.74) is 1.41. The molecule has 5 heteroatoms. The molecule has 0 unspecified atom stereocenters. The maximum Gasteiger partial charge on any atom is 0.292 e. The molecule has 1 N–H and O–H groups in total. The van der Waals surface area contributed by atoms with E-state index in [2.05, 4.69) is 5.32 Å². The highest BCUT2D eigenvalue weighted by molar-refractivity contribution is 6.42. The molecule has 0 heterocycles. The predicted octanol–water partition coefficient (Wildman–Crippen LogP) is 2.38. The van der Waals surface area contributed by atoms with Crippen molar-refractivity contribution in [1.82, 2.24) is 5.32 Å². The lowest BCUT2D eigenvalue weighted by molar-refractivity contribution is -0.117. The summed E-state index contributed by atoms with van der Waals surface area (Å²) in [6.07, 6.45) is 0. The highest BCUT2D eigenvalue weighted by Gasteiger charge is 2.15. The molecule has 0 fully saturated rings. The van der Waals surface area contributed by atoms with Crippen molar-refractivity contribution < 1.29 is 19.1 Å². The number of amides is 1. The summed E-state index contributed by atoms with van der Waals surface area (Å²) in [6.45, 7) is 2.43. The number of nitrogens with one attached hydrogen (secondary N) is 1. The molecule has 0 radical (unpaired) electrons. The molecule has 1 amide bonds. The summed E-state index contributed by atoms with van der Waals surface area (Å²) in [5.74, 6) is 0.152. The van der Waals surface area contributed by atoms with E-state index in [1.165, 1.54) is 0 Å². The molecule has 0 bridgehead atoms. The van der Waals surface area contributed by atoms with Gasteiger partial charge >= 0.3 is 0 Å². The van der Waals surface area contributed by atoms with Crippen LogP contribution in [0, 0.1) is 6.92 Å². The van der Waals surface area contributed by atoms with Crippen LogP contribution in [-0.4, -0.2) is 32.0 Å². The lowest BCUT2D eigenvalue weighted by Crippen LogP contribution is -2.34. The number of carbonyl (C=O) groups excluding carboxylic acids is 2. The van der Waals surface area contributed by atoms with Crippen molar-refractivity contribution in [3.63, 3.8) is 0 Å². The van der Waals surface area contributed by atoms with Crippen LogP contribution in [0.1, 0.15) is 15.9 Å². The number of Topliss-reactive ketones (excluding diaryl/α,β-unsaturated/α-hetero) is 1. The van der Waals surface area contributed by atoms with Gasteiger partial charge in [0.15, 0.2) is 0 Å². The van der Waals surface area contributed by atoms with Gasteiger partial charge in [-0.3, -0.25) is 9.59 Å². The van der Waals surface area contributed by atoms with Gasteiger partial charge in [-0.2, -0.15) is 0 Å². The van der Waals surface area contributed by atoms with Crippen LogP contribution in [0.2, 0.25) is 0 Å². The van der Waals surface area contributed by atoms with Gasteiger partial charge in [0.2, 0.25) is 5.78 Å². The van der Waals surface area contributed by atoms with E-state index in [-0.39, 0.29) is 13.2 Å². The third-order valence-electron chi connectivity index (χ3n) is 3.22. The predicted molar refractivity (Wildman–Crippen MR) is 87.0 cm³/mol. The molecule has 0 aromatic heterocycles. The Kier molecular flexibility index (Phi) is 5.74. The minimum Gasteiger partial charge on any atom is -0.497 e. The van der Waals surface area contributed by atoms with Crippen molar-refractivity contribution >= 4 is 11.7 Å². The molecule has 0 aliphatic rings. The lowest BCUT2D eigenvalue weighted by Gasteiger charge is -2.08. The van der Waals surface area contributed by atoms with Gasteiger partial charge in [0.1, 0.15) is 18.1 Å². The SMILES string of the molecule is COc1cccc(OCCNC(=O)C(=O)c2ccc(C)cc2)c1. The van der Waals surface area contributed by atoms with Crippen molar-refractivity contribution in [3.8, 4) is 11.5 Å². The molecule has 0 aliphatic carbocycles. The maximum atomic E-state index is 11.9. The molecular formula is C18H19NO4. The molecular weight excluding hydrogens is 294 g/mol. The fourth-order valence-electron chi connectivity index (χ4n) is 1.94. The fourth-order valence-corrected chi connectivity index (χ4v) is 1.94. The Bertz CT molecular complexity index is 680. The zero-order chi connectivity index (χ0) is 16.7. The molecule has 23 heavy (non-hydrogen) atoms. The Hall–Kier alpha value is -2.82. The van der Waals surface area contributed by atoms with Gasteiger partial charge in [-0.1, -0.05) is 35.9 Å². The highest BCUT2D eigenvalue weighted by atomic mass is 16.5. The third-order valence-corrected chi connectivity index (χ3v) is 3.22. The number of ketones is 1. The molecule has 2 aromatic rings. The second-order valence-corrected chi connectivity index (χ2v) is 4.98. The van der Waals surface area contributed by atoms with Crippen LogP contribution in [0.4, 0.5) is 0 Å². The molecule has 0 spiro atoms. The van der Waals surface area contributed by atoms with Crippen molar-refractivity contribution in [1.29, 1.82) is 0 Å². The molecule has 0 saturated carbocycles. The third kappa shape index (κ3) is 4.85. The van der Waals surface area contributed by atoms with Crippen LogP contribution in [0.15, 0.2) is 48.5 Å². The van der Waals surface area contributed by atoms with Crippen LogP contribution < -0.4 is 14.8 Å². The van der Waals surface area contributed by atoms with Gasteiger partial charge < -0.3 is 14.8 Å². The second-order valence-electron chi connectivity index (χ2n) is 4.98. The largest absolute Gasteiger partial charge is 0.497 e. The molecule has 5 nitrogen and oxygen atoms in total. The molecule has 0 atom stereocenters. The van der Waals surface area contributed by atoms with Gasteiger partial charge in [0.25, 0.3) is 5.91 Å². The first-order valence-electron chi connectivity index (χ1n) is 7.26. The van der Waals surface area contributed by atoms with Gasteiger partial charge in [-0.15, -0.1) is 0 Å². The van der Waals surface area contributed by atoms with E-state index < -0.39 is 11.7 Å². The molecule has 2 aromatic carbocycles. The topological polar surface area (TPSA) is 64.6 Å². The lowest BCUT2D eigenvalue weighted by atomic mass is 10.1. The number of rotatable bonds is 7. The zero-order valence-electron chi connectivity index (χ0n) is 13.2. The number of hydrogen-bond acceptors (Lipinski definition) is 4. The maximum absolute atomic E-state index is 11.9. The highest BCUT2D eigenvalue weighted by Crippen LogP contribution is 2.18. The van der Waals surface area contributed by atoms with Crippen LogP contribution in [0.25, 0.3) is 0 Å². The van der Waals surface area contributed by atoms with E-state index in [0.717, 1.165) is 5.56 Å². The van der Waals surface area contributed by atoms with E-state index in [1.54, 1.807) is 43.5 Å². The number of hydrogen-bond donors (Lipinski definition) is 1. The summed E-state index contributed by atoms with van der Waals surface area (Å²) in [7, 11) is 1.58. The van der Waals surface area contributed by atoms with E-state index in [4.69, 9.17) is 9.47 Å². The van der Waals surface area contributed by atoms with E-state index >= 15 is 0 Å². The molecule has 0 aliphatic heterocycles. The van der Waals surface area contributed by atoms with Crippen LogP contribution >= 0.6 is 0 Å². The normalized spacial score (nSPS) is 10.0. The summed E-state index contributed by atoms with van der Waals surface area (Å²) in [5, 5.41) is 2.55. The first-order valence-corrected chi connectivity index (χ1v) is 7.26. The number of benzene rings is 2. The Balaban J connectivity index is 1.78. The first-order chi connectivity index (χ1) is 11.1. The standard InChI is InChI=1S/C18H19NO4/c1-13-6-8-14(9-7-13)17(20)18(21)19-10-11-23-16-5-3-4-15(12-16)22-2/h3-9,12H,10-11H2,1-2H3,(H,19,21). The van der Waals surface area contributed by atoms with Crippen LogP contribution in [-0.2, 0) is 4.79 Å². The monoisotopic (exact) mass is 313 g/mol. The van der Waals surface area contributed by atoms with Crippen molar-refractivity contribution in [2.24, 2.45) is 0 Å². The average molecular weight is 313 g/mol. The van der Waals surface area contributed by atoms with Crippen molar-refractivity contribution in [2.75, 3.05) is 20.3 Å². The molecule has 2 rings (SSSR count). The van der Waals surface area contributed by atoms with Crippen molar-refractivity contribution in [2.45, 2.75) is 6.92 Å². The summed E-state index contributed by atoms with van der Waals surface area (Å²) >= 11 is 0. The Morgan fingerprint density at radius 3 is 2.43 bits per heavy atom. The number of ether oxygens (including phenoxy) is 2. The minimum atomic E-state index is -0.636. The van der Waals surface area contributed by atoms with Crippen LogP contribution in [0.3, 0.4) is 0 Å². The van der Waals surface area contributed by atoms with E-state index in [9.17, 15) is 9.59 Å². The smallest absolute Gasteiger partial charge is 0.292 e. The van der Waals surface area contributed by atoms with Crippen molar-refractivity contribution in [3.05, 3.63) is 59.7 Å². The quantitative estimate of drug-likeness (QED) is 0.484. The molecule has 0 saturated heterocycles. The number of aryl methyl sites for hydroxylation is 1. The summed E-state index contributed by atoms with van der Waals surface area (Å²) in [4.78, 5) is 23.7. The van der Waals surface area contributed by atoms with E-state index in [1.807, 2.05) is 19.1 Å². The van der Waals surface area contributed by atoms with E-state index in [0.29, 0.717) is 17.1 Å². The van der Waals surface area contributed by atoms with Gasteiger partial charge in [-0.05, 0) is 19.1 Å². The Morgan fingerprint density at radius 2 is 1.74 bits per heavy atom. The summed E-state index contributed by atoms with van der Waals surface area (Å²) < 4.78 is 10.6. The van der Waals surface area contributed by atoms with Gasteiger partial charge in [-0.25, -0.2) is 0 Å². The van der Waals surface area contributed by atoms with Gasteiger partial charge in [0, 0.05) is 11.6 Å². The van der Waals surface area contributed by atoms with Crippen LogP contribution in [0.5, 0.6) is 11.5 Å². The minimum absolute atomic E-state index is 0.244. The fraction of sp³-hybridized carbons (Fsp3) is 0.222. The number of carbonyl (C=O) groups is 2. The average Bonchev–Trinajstić information content (AvgIpc) is 2.58. The Labute approximate surface area is 135 Å². The van der Waals surface area contributed by atoms with Gasteiger partial charge in [0.05, 0.1) is 13.7 Å². The number of methoxy groups -OCH3 is 1. The first kappa shape index (κ1) is 16.5. The second kappa shape index (κ2) is 7.98. The zero-order valence-corrected chi connectivity index (χ0v) is 13.2. The molecule has 120 valence electrons. The summed E-state index contributed by atoms with van der Waals surface area (Å²) in [6, 6.07) is 14.1. The Morgan fingerprint density at radius 1 is 1.04 bits per heavy atom.